The highest BCUT2D eigenvalue weighted by molar-refractivity contribution is 5.80. The van der Waals surface area contributed by atoms with Gasteiger partial charge in [-0.3, -0.25) is 9.59 Å². The third-order valence-corrected chi connectivity index (χ3v) is 6.13. The van der Waals surface area contributed by atoms with Crippen molar-refractivity contribution in [3.05, 3.63) is 30.3 Å². The molecule has 2 aromatic rings. The molecule has 160 valence electrons. The zero-order valence-electron chi connectivity index (χ0n) is 17.4. The second kappa shape index (κ2) is 9.82. The molecule has 2 fully saturated rings. The lowest BCUT2D eigenvalue weighted by Gasteiger charge is -2.37. The SMILES string of the molecule is O=C(CCCn1nnc(-c2ccccc2)n1)N1CCN(C(=O)C2CCCCC2)CC1. The van der Waals surface area contributed by atoms with Gasteiger partial charge in [0.25, 0.3) is 0 Å². The lowest BCUT2D eigenvalue weighted by atomic mass is 9.88. The summed E-state index contributed by atoms with van der Waals surface area (Å²) >= 11 is 0. The molecule has 1 aromatic heterocycles. The van der Waals surface area contributed by atoms with Gasteiger partial charge in [0.15, 0.2) is 0 Å². The summed E-state index contributed by atoms with van der Waals surface area (Å²) in [6.07, 6.45) is 6.78. The van der Waals surface area contributed by atoms with E-state index in [4.69, 9.17) is 0 Å². The van der Waals surface area contributed by atoms with Crippen LogP contribution in [-0.2, 0) is 16.1 Å². The van der Waals surface area contributed by atoms with Crippen LogP contribution in [0.25, 0.3) is 11.4 Å². The molecule has 0 unspecified atom stereocenters. The Balaban J connectivity index is 1.18. The molecule has 0 radical (unpaired) electrons. The van der Waals surface area contributed by atoms with Crippen LogP contribution in [0, 0.1) is 5.92 Å². The minimum absolute atomic E-state index is 0.142. The van der Waals surface area contributed by atoms with Gasteiger partial charge in [0.2, 0.25) is 17.6 Å². The van der Waals surface area contributed by atoms with Crippen LogP contribution in [0.4, 0.5) is 0 Å². The van der Waals surface area contributed by atoms with E-state index in [2.05, 4.69) is 15.4 Å². The van der Waals surface area contributed by atoms with Crippen molar-refractivity contribution in [2.24, 2.45) is 5.92 Å². The van der Waals surface area contributed by atoms with Gasteiger partial charge in [-0.15, -0.1) is 10.2 Å². The van der Waals surface area contributed by atoms with Crippen LogP contribution in [0.3, 0.4) is 0 Å². The smallest absolute Gasteiger partial charge is 0.225 e. The molecule has 1 aliphatic heterocycles. The first kappa shape index (κ1) is 20.5. The maximum Gasteiger partial charge on any atom is 0.225 e. The van der Waals surface area contributed by atoms with Crippen LogP contribution in [0.1, 0.15) is 44.9 Å². The van der Waals surface area contributed by atoms with Gasteiger partial charge in [-0.1, -0.05) is 49.6 Å². The van der Waals surface area contributed by atoms with E-state index in [0.29, 0.717) is 57.3 Å². The fourth-order valence-electron chi connectivity index (χ4n) is 4.35. The molecule has 0 N–H and O–H groups in total. The number of rotatable bonds is 6. The van der Waals surface area contributed by atoms with Crippen molar-refractivity contribution in [1.29, 1.82) is 0 Å². The molecule has 1 saturated heterocycles. The van der Waals surface area contributed by atoms with Gasteiger partial charge in [-0.05, 0) is 24.5 Å². The van der Waals surface area contributed by atoms with Gasteiger partial charge in [-0.2, -0.15) is 4.80 Å². The lowest BCUT2D eigenvalue weighted by molar-refractivity contribution is -0.142. The molecule has 4 rings (SSSR count). The number of hydrogen-bond donors (Lipinski definition) is 0. The summed E-state index contributed by atoms with van der Waals surface area (Å²) < 4.78 is 0. The van der Waals surface area contributed by atoms with E-state index in [-0.39, 0.29) is 11.8 Å². The molecule has 0 atom stereocenters. The summed E-state index contributed by atoms with van der Waals surface area (Å²) in [6.45, 7) is 3.15. The molecule has 2 heterocycles. The molecule has 1 aliphatic carbocycles. The topological polar surface area (TPSA) is 84.2 Å². The summed E-state index contributed by atoms with van der Waals surface area (Å²) in [5.41, 5.74) is 0.931. The molecule has 0 spiro atoms. The van der Waals surface area contributed by atoms with Gasteiger partial charge >= 0.3 is 0 Å². The Morgan fingerprint density at radius 3 is 2.37 bits per heavy atom. The monoisotopic (exact) mass is 410 g/mol. The average Bonchev–Trinajstić information content (AvgIpc) is 3.29. The molecule has 2 amide bonds. The molecule has 0 bridgehead atoms. The van der Waals surface area contributed by atoms with E-state index in [0.717, 1.165) is 18.4 Å². The van der Waals surface area contributed by atoms with Gasteiger partial charge in [0, 0.05) is 44.1 Å². The van der Waals surface area contributed by atoms with E-state index < -0.39 is 0 Å². The van der Waals surface area contributed by atoms with Crippen molar-refractivity contribution in [2.75, 3.05) is 26.2 Å². The molecule has 8 nitrogen and oxygen atoms in total. The molecular formula is C22H30N6O2. The number of piperazine rings is 1. The second-order valence-electron chi connectivity index (χ2n) is 8.22. The quantitative estimate of drug-likeness (QED) is 0.730. The van der Waals surface area contributed by atoms with Crippen LogP contribution in [0.2, 0.25) is 0 Å². The van der Waals surface area contributed by atoms with Crippen LogP contribution in [0.5, 0.6) is 0 Å². The number of carbonyl (C=O) groups is 2. The molecular weight excluding hydrogens is 380 g/mol. The number of aromatic nitrogens is 4. The Morgan fingerprint density at radius 1 is 0.933 bits per heavy atom. The predicted octanol–water partition coefficient (Wildman–Crippen LogP) is 2.37. The van der Waals surface area contributed by atoms with Crippen LogP contribution in [0.15, 0.2) is 30.3 Å². The number of amides is 2. The summed E-state index contributed by atoms with van der Waals surface area (Å²) in [4.78, 5) is 30.6. The van der Waals surface area contributed by atoms with Gasteiger partial charge < -0.3 is 9.80 Å². The third kappa shape index (κ3) is 5.04. The lowest BCUT2D eigenvalue weighted by Crippen LogP contribution is -2.52. The fourth-order valence-corrected chi connectivity index (χ4v) is 4.35. The first-order valence-electron chi connectivity index (χ1n) is 11.1. The Kier molecular flexibility index (Phi) is 6.71. The van der Waals surface area contributed by atoms with E-state index >= 15 is 0 Å². The third-order valence-electron chi connectivity index (χ3n) is 6.13. The van der Waals surface area contributed by atoms with E-state index in [1.54, 1.807) is 4.80 Å². The Morgan fingerprint density at radius 2 is 1.63 bits per heavy atom. The van der Waals surface area contributed by atoms with Crippen molar-refractivity contribution in [3.63, 3.8) is 0 Å². The van der Waals surface area contributed by atoms with Crippen LogP contribution in [-0.4, -0.2) is 68.0 Å². The second-order valence-corrected chi connectivity index (χ2v) is 8.22. The van der Waals surface area contributed by atoms with Gasteiger partial charge in [0.05, 0.1) is 6.54 Å². The van der Waals surface area contributed by atoms with Crippen LogP contribution < -0.4 is 0 Å². The molecule has 2 aliphatic rings. The molecule has 1 aromatic carbocycles. The largest absolute Gasteiger partial charge is 0.339 e. The first-order chi connectivity index (χ1) is 14.7. The van der Waals surface area contributed by atoms with Gasteiger partial charge in [-0.25, -0.2) is 0 Å². The van der Waals surface area contributed by atoms with Crippen LogP contribution >= 0.6 is 0 Å². The van der Waals surface area contributed by atoms with Crippen molar-refractivity contribution >= 4 is 11.8 Å². The Labute approximate surface area is 177 Å². The van der Waals surface area contributed by atoms with E-state index in [1.165, 1.54) is 19.3 Å². The van der Waals surface area contributed by atoms with Crippen molar-refractivity contribution in [2.45, 2.75) is 51.5 Å². The highest BCUT2D eigenvalue weighted by Gasteiger charge is 2.29. The van der Waals surface area contributed by atoms with Crippen molar-refractivity contribution in [3.8, 4) is 11.4 Å². The van der Waals surface area contributed by atoms with Crippen molar-refractivity contribution in [1.82, 2.24) is 30.0 Å². The maximum absolute atomic E-state index is 12.7. The fraction of sp³-hybridized carbons (Fsp3) is 0.591. The molecule has 8 heteroatoms. The van der Waals surface area contributed by atoms with E-state index in [1.807, 2.05) is 40.1 Å². The minimum Gasteiger partial charge on any atom is -0.339 e. The van der Waals surface area contributed by atoms with E-state index in [9.17, 15) is 9.59 Å². The maximum atomic E-state index is 12.7. The predicted molar refractivity (Wildman–Crippen MR) is 112 cm³/mol. The minimum atomic E-state index is 0.142. The van der Waals surface area contributed by atoms with Crippen molar-refractivity contribution < 1.29 is 9.59 Å². The Hall–Kier alpha value is -2.77. The number of aryl methyl sites for hydroxylation is 1. The number of hydrogen-bond acceptors (Lipinski definition) is 5. The molecule has 1 saturated carbocycles. The summed E-state index contributed by atoms with van der Waals surface area (Å²) in [7, 11) is 0. The highest BCUT2D eigenvalue weighted by Crippen LogP contribution is 2.26. The zero-order chi connectivity index (χ0) is 20.8. The molecule has 30 heavy (non-hydrogen) atoms. The standard InChI is InChI=1S/C22H30N6O2/c29-20(12-7-13-28-24-21(23-25-28)18-8-3-1-4-9-18)26-14-16-27(17-15-26)22(30)19-10-5-2-6-11-19/h1,3-4,8-9,19H,2,5-7,10-17H2. The summed E-state index contributed by atoms with van der Waals surface area (Å²) in [5, 5.41) is 12.6. The number of carbonyl (C=O) groups excluding carboxylic acids is 2. The normalized spacial score (nSPS) is 17.9. The Bertz CT molecular complexity index is 838. The zero-order valence-corrected chi connectivity index (χ0v) is 17.4. The first-order valence-corrected chi connectivity index (χ1v) is 11.1. The number of tetrazole rings is 1. The van der Waals surface area contributed by atoms with Gasteiger partial charge in [0.1, 0.15) is 0 Å². The summed E-state index contributed by atoms with van der Waals surface area (Å²) in [6, 6.07) is 9.73. The highest BCUT2D eigenvalue weighted by atomic mass is 16.2. The summed E-state index contributed by atoms with van der Waals surface area (Å²) in [5.74, 6) is 1.24. The number of nitrogens with zero attached hydrogens (tertiary/aromatic N) is 6. The average molecular weight is 411 g/mol. The number of benzene rings is 1.